The van der Waals surface area contributed by atoms with Crippen LogP contribution in [0.3, 0.4) is 0 Å². The predicted octanol–water partition coefficient (Wildman–Crippen LogP) is 3.61. The first kappa shape index (κ1) is 11.6. The van der Waals surface area contributed by atoms with Gasteiger partial charge < -0.3 is 4.90 Å². The molecule has 0 spiro atoms. The molecule has 0 bridgehead atoms. The molecule has 2 aliphatic rings. The van der Waals surface area contributed by atoms with E-state index < -0.39 is 0 Å². The normalized spacial score (nSPS) is 25.9. The summed E-state index contributed by atoms with van der Waals surface area (Å²) in [5, 5.41) is 9.90. The monoisotopic (exact) mass is 258 g/mol. The minimum absolute atomic E-state index is 0.706. The van der Waals surface area contributed by atoms with Crippen molar-refractivity contribution in [1.29, 1.82) is 5.26 Å². The van der Waals surface area contributed by atoms with Crippen LogP contribution in [0.15, 0.2) is 30.4 Å². The smallest absolute Gasteiger partial charge is 0.101 e. The van der Waals surface area contributed by atoms with E-state index in [1.54, 1.807) is 6.07 Å². The number of benzene rings is 1. The molecule has 92 valence electrons. The van der Waals surface area contributed by atoms with Crippen LogP contribution in [0.25, 0.3) is 0 Å². The summed E-state index contributed by atoms with van der Waals surface area (Å²) < 4.78 is 0. The Morgan fingerprint density at radius 1 is 1.17 bits per heavy atom. The van der Waals surface area contributed by atoms with Gasteiger partial charge in [0.25, 0.3) is 0 Å². The summed E-state index contributed by atoms with van der Waals surface area (Å²) in [6, 6.07) is 7.79. The largest absolute Gasteiger partial charge is 0.370 e. The molecule has 2 unspecified atom stereocenters. The van der Waals surface area contributed by atoms with Gasteiger partial charge in [-0.15, -0.1) is 0 Å². The maximum atomic E-state index is 9.20. The summed E-state index contributed by atoms with van der Waals surface area (Å²) in [4.78, 5) is 2.33. The number of fused-ring (bicyclic) bond motifs is 1. The highest BCUT2D eigenvalue weighted by atomic mass is 35.5. The van der Waals surface area contributed by atoms with Gasteiger partial charge in [-0.25, -0.2) is 0 Å². The van der Waals surface area contributed by atoms with Gasteiger partial charge in [-0.05, 0) is 42.9 Å². The lowest BCUT2D eigenvalue weighted by molar-refractivity contribution is 0.411. The summed E-state index contributed by atoms with van der Waals surface area (Å²) >= 11 is 6.06. The number of nitrogens with zero attached hydrogens (tertiary/aromatic N) is 2. The van der Waals surface area contributed by atoms with Crippen molar-refractivity contribution >= 4 is 17.3 Å². The Labute approximate surface area is 112 Å². The fourth-order valence-electron chi connectivity index (χ4n) is 3.07. The van der Waals surface area contributed by atoms with E-state index in [4.69, 9.17) is 11.6 Å². The fraction of sp³-hybridized carbons (Fsp3) is 0.400. The van der Waals surface area contributed by atoms with Crippen LogP contribution < -0.4 is 4.90 Å². The van der Waals surface area contributed by atoms with Crippen LogP contribution in [0.4, 0.5) is 5.69 Å². The third kappa shape index (κ3) is 2.00. The molecule has 0 radical (unpaired) electrons. The lowest BCUT2D eigenvalue weighted by Gasteiger charge is -2.20. The van der Waals surface area contributed by atoms with Crippen LogP contribution in [-0.4, -0.2) is 13.1 Å². The number of halogens is 1. The zero-order valence-corrected chi connectivity index (χ0v) is 10.9. The molecule has 1 fully saturated rings. The van der Waals surface area contributed by atoms with E-state index in [-0.39, 0.29) is 0 Å². The number of anilines is 1. The third-order valence-electron chi connectivity index (χ3n) is 4.04. The van der Waals surface area contributed by atoms with Crippen molar-refractivity contribution in [3.05, 3.63) is 40.9 Å². The molecule has 1 aromatic rings. The molecule has 3 rings (SSSR count). The molecular formula is C15H15ClN2. The van der Waals surface area contributed by atoms with Crippen LogP contribution in [0.1, 0.15) is 18.4 Å². The molecule has 1 aliphatic carbocycles. The molecule has 0 saturated carbocycles. The standard InChI is InChI=1S/C15H15ClN2/c16-14-6-5-11(8-17)15(7-14)18-9-12-3-1-2-4-13(12)10-18/h1-2,5-7,12-13H,3-4,9-10H2. The van der Waals surface area contributed by atoms with Crippen molar-refractivity contribution in [3.63, 3.8) is 0 Å². The van der Waals surface area contributed by atoms with Gasteiger partial charge in [-0.2, -0.15) is 5.26 Å². The SMILES string of the molecule is N#Cc1ccc(Cl)cc1N1CC2CC=CCC2C1. The van der Waals surface area contributed by atoms with Crippen molar-refractivity contribution in [2.45, 2.75) is 12.8 Å². The summed E-state index contributed by atoms with van der Waals surface area (Å²) in [7, 11) is 0. The fourth-order valence-corrected chi connectivity index (χ4v) is 3.24. The van der Waals surface area contributed by atoms with Gasteiger partial charge in [0.05, 0.1) is 11.3 Å². The number of nitriles is 1. The first-order valence-electron chi connectivity index (χ1n) is 6.37. The van der Waals surface area contributed by atoms with E-state index >= 15 is 0 Å². The van der Waals surface area contributed by atoms with Gasteiger partial charge in [-0.3, -0.25) is 0 Å². The maximum absolute atomic E-state index is 9.20. The maximum Gasteiger partial charge on any atom is 0.101 e. The van der Waals surface area contributed by atoms with E-state index in [2.05, 4.69) is 23.1 Å². The predicted molar refractivity (Wildman–Crippen MR) is 73.7 cm³/mol. The molecule has 0 amide bonds. The van der Waals surface area contributed by atoms with Gasteiger partial charge >= 0.3 is 0 Å². The minimum Gasteiger partial charge on any atom is -0.370 e. The molecule has 2 atom stereocenters. The average Bonchev–Trinajstić information content (AvgIpc) is 2.82. The average molecular weight is 259 g/mol. The molecule has 0 aromatic heterocycles. The number of allylic oxidation sites excluding steroid dienone is 2. The van der Waals surface area contributed by atoms with E-state index in [9.17, 15) is 5.26 Å². The van der Waals surface area contributed by atoms with Crippen molar-refractivity contribution in [2.24, 2.45) is 11.8 Å². The Balaban J connectivity index is 1.89. The molecule has 1 heterocycles. The second-order valence-electron chi connectivity index (χ2n) is 5.14. The Hall–Kier alpha value is -1.46. The highest BCUT2D eigenvalue weighted by Crippen LogP contribution is 2.37. The molecule has 1 aliphatic heterocycles. The van der Waals surface area contributed by atoms with E-state index in [1.807, 2.05) is 12.1 Å². The van der Waals surface area contributed by atoms with E-state index in [1.165, 1.54) is 12.8 Å². The quantitative estimate of drug-likeness (QED) is 0.720. The summed E-state index contributed by atoms with van der Waals surface area (Å²) in [6.45, 7) is 2.09. The summed E-state index contributed by atoms with van der Waals surface area (Å²) in [5.41, 5.74) is 1.73. The van der Waals surface area contributed by atoms with Gasteiger partial charge in [0.15, 0.2) is 0 Å². The molecule has 2 nitrogen and oxygen atoms in total. The highest BCUT2D eigenvalue weighted by Gasteiger charge is 2.33. The van der Waals surface area contributed by atoms with Crippen LogP contribution >= 0.6 is 11.6 Å². The van der Waals surface area contributed by atoms with Crippen molar-refractivity contribution in [3.8, 4) is 6.07 Å². The number of hydrogen-bond acceptors (Lipinski definition) is 2. The Bertz CT molecular complexity index is 514. The first-order valence-corrected chi connectivity index (χ1v) is 6.75. The van der Waals surface area contributed by atoms with Gasteiger partial charge in [-0.1, -0.05) is 23.8 Å². The molecular weight excluding hydrogens is 244 g/mol. The molecule has 1 aromatic carbocycles. The Morgan fingerprint density at radius 3 is 2.44 bits per heavy atom. The van der Waals surface area contributed by atoms with Gasteiger partial charge in [0.2, 0.25) is 0 Å². The lowest BCUT2D eigenvalue weighted by Crippen LogP contribution is -2.20. The van der Waals surface area contributed by atoms with Crippen molar-refractivity contribution in [2.75, 3.05) is 18.0 Å². The summed E-state index contributed by atoms with van der Waals surface area (Å²) in [6.07, 6.45) is 6.91. The van der Waals surface area contributed by atoms with Crippen LogP contribution in [-0.2, 0) is 0 Å². The number of rotatable bonds is 1. The van der Waals surface area contributed by atoms with Crippen LogP contribution in [0.5, 0.6) is 0 Å². The Morgan fingerprint density at radius 2 is 1.83 bits per heavy atom. The van der Waals surface area contributed by atoms with Gasteiger partial charge in [0.1, 0.15) is 6.07 Å². The third-order valence-corrected chi connectivity index (χ3v) is 4.28. The molecule has 18 heavy (non-hydrogen) atoms. The first-order chi connectivity index (χ1) is 8.78. The molecule has 0 N–H and O–H groups in total. The highest BCUT2D eigenvalue weighted by molar-refractivity contribution is 6.30. The zero-order valence-electron chi connectivity index (χ0n) is 10.1. The Kier molecular flexibility index (Phi) is 3.01. The van der Waals surface area contributed by atoms with Crippen LogP contribution in [0, 0.1) is 23.2 Å². The minimum atomic E-state index is 0.706. The lowest BCUT2D eigenvalue weighted by atomic mass is 9.86. The second kappa shape index (κ2) is 4.66. The van der Waals surface area contributed by atoms with Gasteiger partial charge in [0, 0.05) is 18.1 Å². The second-order valence-corrected chi connectivity index (χ2v) is 5.58. The van der Waals surface area contributed by atoms with E-state index in [0.29, 0.717) is 5.02 Å². The molecule has 3 heteroatoms. The van der Waals surface area contributed by atoms with E-state index in [0.717, 1.165) is 36.2 Å². The van der Waals surface area contributed by atoms with Crippen LogP contribution in [0.2, 0.25) is 5.02 Å². The van der Waals surface area contributed by atoms with Crippen molar-refractivity contribution in [1.82, 2.24) is 0 Å². The zero-order chi connectivity index (χ0) is 12.5. The molecule has 1 saturated heterocycles. The summed E-state index contributed by atoms with van der Waals surface area (Å²) in [5.74, 6) is 1.47. The number of hydrogen-bond donors (Lipinski definition) is 0. The van der Waals surface area contributed by atoms with Crippen molar-refractivity contribution < 1.29 is 0 Å². The topological polar surface area (TPSA) is 27.0 Å².